The van der Waals surface area contributed by atoms with Crippen LogP contribution < -0.4 is 10.6 Å². The predicted octanol–water partition coefficient (Wildman–Crippen LogP) is 3.92. The summed E-state index contributed by atoms with van der Waals surface area (Å²) in [5.41, 5.74) is 0.950. The van der Waals surface area contributed by atoms with E-state index in [9.17, 15) is 14.4 Å². The average molecular weight is 397 g/mol. The van der Waals surface area contributed by atoms with E-state index in [1.807, 2.05) is 30.3 Å². The summed E-state index contributed by atoms with van der Waals surface area (Å²) in [7, 11) is 0. The molecule has 0 saturated heterocycles. The Kier molecular flexibility index (Phi) is 12.8. The number of hydrogen-bond acceptors (Lipinski definition) is 4. The van der Waals surface area contributed by atoms with Crippen molar-refractivity contribution in [2.45, 2.75) is 58.0 Å². The molecule has 0 heterocycles. The molecule has 0 bridgehead atoms. The Hall–Kier alpha value is -2.08. The molecule has 0 unspecified atom stereocenters. The Bertz CT molecular complexity index is 566. The van der Waals surface area contributed by atoms with Gasteiger partial charge in [0.15, 0.2) is 0 Å². The van der Waals surface area contributed by atoms with Crippen molar-refractivity contribution in [2.24, 2.45) is 0 Å². The van der Waals surface area contributed by atoms with Crippen LogP contribution in [0.4, 0.5) is 4.79 Å². The highest BCUT2D eigenvalue weighted by molar-refractivity contribution is 6.63. The van der Waals surface area contributed by atoms with Crippen LogP contribution in [0.1, 0.15) is 56.9 Å². The summed E-state index contributed by atoms with van der Waals surface area (Å²) < 4.78 is 5.12. The molecule has 0 fully saturated rings. The van der Waals surface area contributed by atoms with Gasteiger partial charge in [-0.05, 0) is 42.8 Å². The first-order chi connectivity index (χ1) is 13.1. The molecule has 0 aliphatic heterocycles. The third kappa shape index (κ3) is 13.7. The summed E-state index contributed by atoms with van der Waals surface area (Å²) in [6.07, 6.45) is 5.40. The molecule has 1 aromatic rings. The van der Waals surface area contributed by atoms with E-state index in [4.69, 9.17) is 16.3 Å². The normalized spacial score (nSPS) is 10.3. The second-order valence-corrected chi connectivity index (χ2v) is 6.74. The Morgan fingerprint density at radius 1 is 0.815 bits per heavy atom. The van der Waals surface area contributed by atoms with Crippen molar-refractivity contribution >= 4 is 28.8 Å². The van der Waals surface area contributed by atoms with Crippen LogP contribution in [0.25, 0.3) is 0 Å². The highest BCUT2D eigenvalue weighted by Crippen LogP contribution is 2.03. The molecular formula is C20H29ClN2O4. The van der Waals surface area contributed by atoms with Gasteiger partial charge in [0.25, 0.3) is 0 Å². The van der Waals surface area contributed by atoms with Gasteiger partial charge in [-0.1, -0.05) is 43.2 Å². The van der Waals surface area contributed by atoms with E-state index in [0.717, 1.165) is 44.1 Å². The van der Waals surface area contributed by atoms with E-state index in [0.29, 0.717) is 25.9 Å². The number of benzene rings is 1. The van der Waals surface area contributed by atoms with Gasteiger partial charge >= 0.3 is 6.09 Å². The fourth-order valence-corrected chi connectivity index (χ4v) is 2.57. The Labute approximate surface area is 166 Å². The van der Waals surface area contributed by atoms with Crippen LogP contribution >= 0.6 is 11.6 Å². The SMILES string of the molecule is O=C(Cl)CCCCCNC(=O)CCCCCNC(=O)OCc1ccccc1. The monoisotopic (exact) mass is 396 g/mol. The lowest BCUT2D eigenvalue weighted by molar-refractivity contribution is -0.121. The van der Waals surface area contributed by atoms with Gasteiger partial charge in [0.1, 0.15) is 6.61 Å². The smallest absolute Gasteiger partial charge is 0.407 e. The van der Waals surface area contributed by atoms with E-state index in [1.165, 1.54) is 0 Å². The topological polar surface area (TPSA) is 84.5 Å². The molecule has 6 nitrogen and oxygen atoms in total. The zero-order chi connectivity index (χ0) is 19.7. The fraction of sp³-hybridized carbons (Fsp3) is 0.550. The zero-order valence-electron chi connectivity index (χ0n) is 15.7. The highest BCUT2D eigenvalue weighted by atomic mass is 35.5. The minimum atomic E-state index is -0.424. The average Bonchev–Trinajstić information content (AvgIpc) is 2.66. The van der Waals surface area contributed by atoms with E-state index in [1.54, 1.807) is 0 Å². The Morgan fingerprint density at radius 3 is 2.11 bits per heavy atom. The molecule has 0 spiro atoms. The highest BCUT2D eigenvalue weighted by Gasteiger charge is 2.03. The second-order valence-electron chi connectivity index (χ2n) is 6.31. The van der Waals surface area contributed by atoms with Crippen LogP contribution in [0.2, 0.25) is 0 Å². The predicted molar refractivity (Wildman–Crippen MR) is 105 cm³/mol. The zero-order valence-corrected chi connectivity index (χ0v) is 16.4. The molecule has 150 valence electrons. The molecule has 0 aliphatic carbocycles. The number of nitrogens with one attached hydrogen (secondary N) is 2. The summed E-state index contributed by atoms with van der Waals surface area (Å²) in [5.74, 6) is 0.0404. The standard InChI is InChI=1S/C20H29ClN2O4/c21-18(24)12-6-2-8-14-22-19(25)13-7-3-9-15-23-20(26)27-16-17-10-4-1-5-11-17/h1,4-5,10-11H,2-3,6-9,12-16H2,(H,22,25)(H,23,26). The molecule has 0 atom stereocenters. The first-order valence-electron chi connectivity index (χ1n) is 9.47. The lowest BCUT2D eigenvalue weighted by Gasteiger charge is -2.07. The van der Waals surface area contributed by atoms with Gasteiger partial charge in [-0.15, -0.1) is 0 Å². The van der Waals surface area contributed by atoms with Crippen LogP contribution in [0.5, 0.6) is 0 Å². The van der Waals surface area contributed by atoms with Crippen LogP contribution in [0, 0.1) is 0 Å². The summed E-state index contributed by atoms with van der Waals surface area (Å²) in [6.45, 7) is 1.42. The first-order valence-corrected chi connectivity index (χ1v) is 9.85. The van der Waals surface area contributed by atoms with Crippen LogP contribution in [0.3, 0.4) is 0 Å². The molecule has 27 heavy (non-hydrogen) atoms. The fourth-order valence-electron chi connectivity index (χ4n) is 2.43. The largest absolute Gasteiger partial charge is 0.445 e. The third-order valence-electron chi connectivity index (χ3n) is 3.93. The molecule has 1 aromatic carbocycles. The van der Waals surface area contributed by atoms with E-state index in [-0.39, 0.29) is 17.8 Å². The minimum absolute atomic E-state index is 0.0404. The van der Waals surface area contributed by atoms with Gasteiger partial charge in [-0.25, -0.2) is 4.79 Å². The number of hydrogen-bond donors (Lipinski definition) is 2. The maximum Gasteiger partial charge on any atom is 0.407 e. The molecule has 2 N–H and O–H groups in total. The minimum Gasteiger partial charge on any atom is -0.445 e. The summed E-state index contributed by atoms with van der Waals surface area (Å²) in [4.78, 5) is 33.8. The van der Waals surface area contributed by atoms with Gasteiger partial charge < -0.3 is 15.4 Å². The maximum atomic E-state index is 11.7. The third-order valence-corrected chi connectivity index (χ3v) is 4.12. The molecule has 1 rings (SSSR count). The molecule has 7 heteroatoms. The molecule has 0 radical (unpaired) electrons. The molecule has 2 amide bonds. The molecular weight excluding hydrogens is 368 g/mol. The molecule has 0 aromatic heterocycles. The Balaban J connectivity index is 1.89. The molecule has 0 aliphatic rings. The number of halogens is 1. The van der Waals surface area contributed by atoms with Crippen molar-refractivity contribution in [3.8, 4) is 0 Å². The van der Waals surface area contributed by atoms with Crippen LogP contribution in [0.15, 0.2) is 30.3 Å². The van der Waals surface area contributed by atoms with Gasteiger partial charge in [-0.2, -0.15) is 0 Å². The summed E-state index contributed by atoms with van der Waals surface area (Å²) in [6, 6.07) is 9.52. The van der Waals surface area contributed by atoms with Crippen LogP contribution in [-0.2, 0) is 20.9 Å². The number of carbonyl (C=O) groups excluding carboxylic acids is 3. The van der Waals surface area contributed by atoms with Crippen molar-refractivity contribution in [3.05, 3.63) is 35.9 Å². The summed E-state index contributed by atoms with van der Waals surface area (Å²) >= 11 is 5.25. The number of unbranched alkanes of at least 4 members (excludes halogenated alkanes) is 4. The lowest BCUT2D eigenvalue weighted by atomic mass is 10.1. The number of rotatable bonds is 14. The molecule has 0 saturated carbocycles. The van der Waals surface area contributed by atoms with E-state index >= 15 is 0 Å². The maximum absolute atomic E-state index is 11.7. The van der Waals surface area contributed by atoms with Gasteiger partial charge in [0.05, 0.1) is 0 Å². The second kappa shape index (κ2) is 15.0. The van der Waals surface area contributed by atoms with Crippen molar-refractivity contribution in [3.63, 3.8) is 0 Å². The quantitative estimate of drug-likeness (QED) is 0.368. The number of alkyl carbamates (subject to hydrolysis) is 1. The van der Waals surface area contributed by atoms with Crippen molar-refractivity contribution in [1.29, 1.82) is 0 Å². The van der Waals surface area contributed by atoms with Crippen molar-refractivity contribution in [1.82, 2.24) is 10.6 Å². The van der Waals surface area contributed by atoms with Gasteiger partial charge in [-0.3, -0.25) is 9.59 Å². The van der Waals surface area contributed by atoms with Gasteiger partial charge in [0.2, 0.25) is 11.1 Å². The number of ether oxygens (including phenoxy) is 1. The van der Waals surface area contributed by atoms with Crippen molar-refractivity contribution < 1.29 is 19.1 Å². The van der Waals surface area contributed by atoms with Gasteiger partial charge in [0, 0.05) is 25.9 Å². The first kappa shape index (κ1) is 23.0. The van der Waals surface area contributed by atoms with Crippen molar-refractivity contribution in [2.75, 3.05) is 13.1 Å². The Morgan fingerprint density at radius 2 is 1.44 bits per heavy atom. The lowest BCUT2D eigenvalue weighted by Crippen LogP contribution is -2.25. The van der Waals surface area contributed by atoms with E-state index in [2.05, 4.69) is 10.6 Å². The number of amides is 2. The van der Waals surface area contributed by atoms with E-state index < -0.39 is 6.09 Å². The summed E-state index contributed by atoms with van der Waals surface area (Å²) in [5, 5.41) is 5.27. The van der Waals surface area contributed by atoms with Crippen LogP contribution in [-0.4, -0.2) is 30.3 Å². The number of carbonyl (C=O) groups is 3.